The van der Waals surface area contributed by atoms with Crippen LogP contribution in [0, 0.1) is 0 Å². The van der Waals surface area contributed by atoms with Gasteiger partial charge in [0.1, 0.15) is 5.03 Å². The van der Waals surface area contributed by atoms with Crippen LogP contribution in [-0.4, -0.2) is 22.3 Å². The second-order valence-electron chi connectivity index (χ2n) is 5.57. The molecular formula is C18H20N2OS. The van der Waals surface area contributed by atoms with Crippen molar-refractivity contribution in [3.05, 3.63) is 54.2 Å². The Morgan fingerprint density at radius 1 is 1.18 bits per heavy atom. The molecule has 3 nitrogen and oxygen atoms in total. The summed E-state index contributed by atoms with van der Waals surface area (Å²) in [6, 6.07) is 14.6. The van der Waals surface area contributed by atoms with Gasteiger partial charge in [-0.05, 0) is 43.0 Å². The summed E-state index contributed by atoms with van der Waals surface area (Å²) in [6.07, 6.45) is 5.24. The molecule has 0 spiro atoms. The molecule has 0 bridgehead atoms. The molecule has 2 aromatic rings. The maximum Gasteiger partial charge on any atom is 0.219 e. The van der Waals surface area contributed by atoms with Crippen molar-refractivity contribution in [1.82, 2.24) is 9.88 Å². The zero-order valence-corrected chi connectivity index (χ0v) is 13.6. The number of amides is 1. The smallest absolute Gasteiger partial charge is 0.219 e. The number of carbonyl (C=O) groups is 1. The molecular weight excluding hydrogens is 292 g/mol. The first-order valence-electron chi connectivity index (χ1n) is 7.70. The van der Waals surface area contributed by atoms with E-state index in [-0.39, 0.29) is 11.9 Å². The van der Waals surface area contributed by atoms with E-state index in [1.807, 2.05) is 29.3 Å². The van der Waals surface area contributed by atoms with Crippen LogP contribution in [0.4, 0.5) is 0 Å². The number of piperidine rings is 1. The Kier molecular flexibility index (Phi) is 4.78. The summed E-state index contributed by atoms with van der Waals surface area (Å²) in [6.45, 7) is 2.52. The predicted octanol–water partition coefficient (Wildman–Crippen LogP) is 4.31. The first-order valence-corrected chi connectivity index (χ1v) is 8.52. The summed E-state index contributed by atoms with van der Waals surface area (Å²) < 4.78 is 0. The normalized spacial score (nSPS) is 18.2. The van der Waals surface area contributed by atoms with Crippen molar-refractivity contribution in [2.45, 2.75) is 42.1 Å². The average molecular weight is 312 g/mol. The van der Waals surface area contributed by atoms with Crippen molar-refractivity contribution in [2.75, 3.05) is 6.54 Å². The fourth-order valence-corrected chi connectivity index (χ4v) is 3.69. The van der Waals surface area contributed by atoms with Crippen molar-refractivity contribution in [2.24, 2.45) is 0 Å². The van der Waals surface area contributed by atoms with Gasteiger partial charge in [-0.1, -0.05) is 36.0 Å². The van der Waals surface area contributed by atoms with Crippen molar-refractivity contribution in [3.63, 3.8) is 0 Å². The van der Waals surface area contributed by atoms with Crippen LogP contribution in [0.1, 0.15) is 37.8 Å². The predicted molar refractivity (Wildman–Crippen MR) is 88.8 cm³/mol. The van der Waals surface area contributed by atoms with Gasteiger partial charge >= 0.3 is 0 Å². The van der Waals surface area contributed by atoms with E-state index in [0.717, 1.165) is 30.0 Å². The van der Waals surface area contributed by atoms with Gasteiger partial charge in [0.25, 0.3) is 0 Å². The number of carbonyl (C=O) groups excluding carboxylic acids is 1. The number of hydrogen-bond acceptors (Lipinski definition) is 3. The number of nitrogens with zero attached hydrogens (tertiary/aromatic N) is 2. The second kappa shape index (κ2) is 6.97. The molecule has 1 aliphatic rings. The Morgan fingerprint density at radius 3 is 2.68 bits per heavy atom. The molecule has 2 heterocycles. The molecule has 1 fully saturated rings. The van der Waals surface area contributed by atoms with E-state index in [0.29, 0.717) is 0 Å². The molecule has 1 saturated heterocycles. The zero-order chi connectivity index (χ0) is 15.4. The van der Waals surface area contributed by atoms with Crippen LogP contribution in [0.3, 0.4) is 0 Å². The maximum absolute atomic E-state index is 11.8. The standard InChI is InChI=1S/C18H20N2OS/c1-14(21)20-12-6-5-9-17(20)15-10-11-18(19-13-15)22-16-7-3-2-4-8-16/h2-4,7-8,10-11,13,17H,5-6,9,12H2,1H3/t17-/m1/s1. The Bertz CT molecular complexity index is 627. The van der Waals surface area contributed by atoms with Crippen LogP contribution in [0.15, 0.2) is 58.6 Å². The van der Waals surface area contributed by atoms with Crippen LogP contribution in [0.2, 0.25) is 0 Å². The lowest BCUT2D eigenvalue weighted by Crippen LogP contribution is -2.36. The highest BCUT2D eigenvalue weighted by molar-refractivity contribution is 7.99. The molecule has 1 aliphatic heterocycles. The Morgan fingerprint density at radius 2 is 2.00 bits per heavy atom. The van der Waals surface area contributed by atoms with E-state index >= 15 is 0 Å². The lowest BCUT2D eigenvalue weighted by Gasteiger charge is -2.35. The minimum Gasteiger partial charge on any atom is -0.336 e. The van der Waals surface area contributed by atoms with E-state index in [1.54, 1.807) is 18.7 Å². The summed E-state index contributed by atoms with van der Waals surface area (Å²) in [5.74, 6) is 0.160. The van der Waals surface area contributed by atoms with E-state index < -0.39 is 0 Å². The summed E-state index contributed by atoms with van der Waals surface area (Å²) in [5.41, 5.74) is 1.15. The van der Waals surface area contributed by atoms with Gasteiger partial charge in [0.15, 0.2) is 0 Å². The second-order valence-corrected chi connectivity index (χ2v) is 6.66. The van der Waals surface area contributed by atoms with Gasteiger partial charge in [-0.25, -0.2) is 4.98 Å². The number of hydrogen-bond donors (Lipinski definition) is 0. The molecule has 4 heteroatoms. The SMILES string of the molecule is CC(=O)N1CCCC[C@@H]1c1ccc(Sc2ccccc2)nc1. The summed E-state index contributed by atoms with van der Waals surface area (Å²) in [4.78, 5) is 19.5. The van der Waals surface area contributed by atoms with Gasteiger partial charge in [-0.3, -0.25) is 4.79 Å². The first-order chi connectivity index (χ1) is 10.7. The zero-order valence-electron chi connectivity index (χ0n) is 12.7. The molecule has 0 N–H and O–H groups in total. The number of aromatic nitrogens is 1. The molecule has 22 heavy (non-hydrogen) atoms. The van der Waals surface area contributed by atoms with Crippen molar-refractivity contribution in [3.8, 4) is 0 Å². The molecule has 3 rings (SSSR count). The molecule has 0 saturated carbocycles. The molecule has 1 atom stereocenters. The highest BCUT2D eigenvalue weighted by Gasteiger charge is 2.25. The van der Waals surface area contributed by atoms with Crippen LogP contribution in [0.5, 0.6) is 0 Å². The van der Waals surface area contributed by atoms with E-state index in [9.17, 15) is 4.79 Å². The van der Waals surface area contributed by atoms with Crippen LogP contribution in [0.25, 0.3) is 0 Å². The monoisotopic (exact) mass is 312 g/mol. The van der Waals surface area contributed by atoms with E-state index in [2.05, 4.69) is 29.2 Å². The fraction of sp³-hybridized carbons (Fsp3) is 0.333. The largest absolute Gasteiger partial charge is 0.336 e. The highest BCUT2D eigenvalue weighted by atomic mass is 32.2. The van der Waals surface area contributed by atoms with Gasteiger partial charge in [0.2, 0.25) is 5.91 Å². The lowest BCUT2D eigenvalue weighted by molar-refractivity contribution is -0.132. The molecule has 1 amide bonds. The Hall–Kier alpha value is -1.81. The van der Waals surface area contributed by atoms with Crippen LogP contribution in [-0.2, 0) is 4.79 Å². The van der Waals surface area contributed by atoms with Gasteiger partial charge < -0.3 is 4.90 Å². The Labute approximate surface area is 135 Å². The first kappa shape index (κ1) is 15.1. The summed E-state index contributed by atoms with van der Waals surface area (Å²) in [5, 5.41) is 0.986. The van der Waals surface area contributed by atoms with Crippen molar-refractivity contribution < 1.29 is 4.79 Å². The number of benzene rings is 1. The van der Waals surface area contributed by atoms with Gasteiger partial charge in [0, 0.05) is 24.6 Å². The third-order valence-corrected chi connectivity index (χ3v) is 4.98. The van der Waals surface area contributed by atoms with E-state index in [1.165, 1.54) is 11.3 Å². The third-order valence-electron chi connectivity index (χ3n) is 4.02. The van der Waals surface area contributed by atoms with Crippen molar-refractivity contribution >= 4 is 17.7 Å². The number of pyridine rings is 1. The van der Waals surface area contributed by atoms with E-state index in [4.69, 9.17) is 0 Å². The summed E-state index contributed by atoms with van der Waals surface area (Å²) in [7, 11) is 0. The molecule has 0 radical (unpaired) electrons. The lowest BCUT2D eigenvalue weighted by atomic mass is 9.96. The topological polar surface area (TPSA) is 33.2 Å². The van der Waals surface area contributed by atoms with Gasteiger partial charge in [0.05, 0.1) is 6.04 Å². The minimum absolute atomic E-state index is 0.160. The fourth-order valence-electron chi connectivity index (χ4n) is 2.91. The number of rotatable bonds is 3. The molecule has 0 unspecified atom stereocenters. The van der Waals surface area contributed by atoms with Gasteiger partial charge in [-0.15, -0.1) is 0 Å². The minimum atomic E-state index is 0.160. The van der Waals surface area contributed by atoms with Crippen LogP contribution >= 0.6 is 11.8 Å². The molecule has 114 valence electrons. The molecule has 1 aromatic heterocycles. The van der Waals surface area contributed by atoms with Crippen molar-refractivity contribution in [1.29, 1.82) is 0 Å². The van der Waals surface area contributed by atoms with Crippen LogP contribution < -0.4 is 0 Å². The average Bonchev–Trinajstić information content (AvgIpc) is 2.56. The number of likely N-dealkylation sites (tertiary alicyclic amines) is 1. The highest BCUT2D eigenvalue weighted by Crippen LogP contribution is 2.32. The molecule has 0 aliphatic carbocycles. The maximum atomic E-state index is 11.8. The summed E-state index contributed by atoms with van der Waals surface area (Å²) >= 11 is 1.66. The molecule has 1 aromatic carbocycles. The third kappa shape index (κ3) is 3.50. The quantitative estimate of drug-likeness (QED) is 0.847. The Balaban J connectivity index is 1.74. The van der Waals surface area contributed by atoms with Gasteiger partial charge in [-0.2, -0.15) is 0 Å².